The number of rotatable bonds is 6. The number of halogens is 2. The van der Waals surface area contributed by atoms with E-state index >= 15 is 0 Å². The zero-order valence-electron chi connectivity index (χ0n) is 9.20. The lowest BCUT2D eigenvalue weighted by molar-refractivity contribution is 0.303. The largest absolute Gasteiger partial charge is 0.493 e. The fraction of sp³-hybridized carbons (Fsp3) is 0.364. The Balaban J connectivity index is 2.26. The Labute approximate surface area is 107 Å². The van der Waals surface area contributed by atoms with Crippen LogP contribution in [0.15, 0.2) is 27.8 Å². The fourth-order valence-electron chi connectivity index (χ4n) is 1.26. The van der Waals surface area contributed by atoms with Crippen LogP contribution < -0.4 is 10.5 Å². The van der Waals surface area contributed by atoms with E-state index in [1.807, 2.05) is 0 Å². The van der Waals surface area contributed by atoms with Crippen molar-refractivity contribution in [1.82, 2.24) is 0 Å². The minimum Gasteiger partial charge on any atom is -0.493 e. The Morgan fingerprint density at radius 2 is 2.18 bits per heavy atom. The molecule has 0 fully saturated rings. The molecule has 0 heterocycles. The van der Waals surface area contributed by atoms with E-state index in [2.05, 4.69) is 21.1 Å². The van der Waals surface area contributed by atoms with Gasteiger partial charge in [0.2, 0.25) is 0 Å². The first kappa shape index (κ1) is 13.8. The highest BCUT2D eigenvalue weighted by Gasteiger charge is 2.00. The van der Waals surface area contributed by atoms with E-state index in [0.717, 1.165) is 12.8 Å². The summed E-state index contributed by atoms with van der Waals surface area (Å²) in [7, 11) is 0. The van der Waals surface area contributed by atoms with Crippen LogP contribution in [0.2, 0.25) is 0 Å². The number of ether oxygens (including phenoxy) is 1. The van der Waals surface area contributed by atoms with Crippen LogP contribution in [-0.2, 0) is 0 Å². The van der Waals surface area contributed by atoms with E-state index in [0.29, 0.717) is 23.2 Å². The summed E-state index contributed by atoms with van der Waals surface area (Å²) in [5, 5.41) is 11.2. The lowest BCUT2D eigenvalue weighted by Gasteiger charge is -2.06. The van der Waals surface area contributed by atoms with Crippen molar-refractivity contribution in [3.8, 4) is 5.75 Å². The summed E-state index contributed by atoms with van der Waals surface area (Å²) in [6, 6.07) is 4.40. The molecular weight excluding hydrogens is 291 g/mol. The van der Waals surface area contributed by atoms with Gasteiger partial charge in [-0.3, -0.25) is 0 Å². The first-order valence-corrected chi connectivity index (χ1v) is 5.96. The van der Waals surface area contributed by atoms with Crippen LogP contribution in [0.25, 0.3) is 0 Å². The van der Waals surface area contributed by atoms with Crippen molar-refractivity contribution < 1.29 is 14.3 Å². The molecule has 1 aromatic rings. The van der Waals surface area contributed by atoms with Crippen LogP contribution >= 0.6 is 15.9 Å². The standard InChI is InChI=1S/C11H14BrFN2O2/c12-8-5-9(13)7-10(6-8)17-4-2-1-3-11(14)15-16/h5-7,16H,1-4H2,(H2,14,15). The molecule has 0 aromatic heterocycles. The number of oxime groups is 1. The van der Waals surface area contributed by atoms with Crippen LogP contribution in [0.3, 0.4) is 0 Å². The molecular formula is C11H14BrFN2O2. The summed E-state index contributed by atoms with van der Waals surface area (Å²) in [4.78, 5) is 0. The van der Waals surface area contributed by atoms with E-state index in [9.17, 15) is 4.39 Å². The molecule has 0 aliphatic heterocycles. The van der Waals surface area contributed by atoms with Gasteiger partial charge in [-0.15, -0.1) is 0 Å². The van der Waals surface area contributed by atoms with Crippen LogP contribution in [0.1, 0.15) is 19.3 Å². The van der Waals surface area contributed by atoms with Crippen LogP contribution in [0, 0.1) is 5.82 Å². The Morgan fingerprint density at radius 3 is 2.82 bits per heavy atom. The maximum Gasteiger partial charge on any atom is 0.139 e. The first-order valence-electron chi connectivity index (χ1n) is 5.17. The van der Waals surface area contributed by atoms with Crippen molar-refractivity contribution in [1.29, 1.82) is 0 Å². The summed E-state index contributed by atoms with van der Waals surface area (Å²) in [6.45, 7) is 0.467. The van der Waals surface area contributed by atoms with Gasteiger partial charge < -0.3 is 15.7 Å². The van der Waals surface area contributed by atoms with Gasteiger partial charge in [-0.1, -0.05) is 21.1 Å². The average molecular weight is 305 g/mol. The van der Waals surface area contributed by atoms with Gasteiger partial charge in [0.25, 0.3) is 0 Å². The maximum absolute atomic E-state index is 13.0. The van der Waals surface area contributed by atoms with E-state index in [-0.39, 0.29) is 11.7 Å². The van der Waals surface area contributed by atoms with Crippen LogP contribution in [-0.4, -0.2) is 17.6 Å². The number of nitrogens with zero attached hydrogens (tertiary/aromatic N) is 1. The second kappa shape index (κ2) is 7.11. The monoisotopic (exact) mass is 304 g/mol. The molecule has 4 nitrogen and oxygen atoms in total. The molecule has 0 atom stereocenters. The van der Waals surface area contributed by atoms with Gasteiger partial charge in [-0.2, -0.15) is 0 Å². The van der Waals surface area contributed by atoms with Gasteiger partial charge in [-0.25, -0.2) is 4.39 Å². The van der Waals surface area contributed by atoms with Crippen LogP contribution in [0.4, 0.5) is 4.39 Å². The van der Waals surface area contributed by atoms with Crippen molar-refractivity contribution in [2.24, 2.45) is 10.9 Å². The van der Waals surface area contributed by atoms with Crippen molar-refractivity contribution in [3.63, 3.8) is 0 Å². The van der Waals surface area contributed by atoms with Crippen molar-refractivity contribution in [3.05, 3.63) is 28.5 Å². The number of nitrogens with two attached hydrogens (primary N) is 1. The van der Waals surface area contributed by atoms with Gasteiger partial charge in [0, 0.05) is 17.0 Å². The molecule has 0 unspecified atom stereocenters. The Morgan fingerprint density at radius 1 is 1.41 bits per heavy atom. The molecule has 0 spiro atoms. The van der Waals surface area contributed by atoms with Crippen molar-refractivity contribution in [2.45, 2.75) is 19.3 Å². The third-order valence-corrected chi connectivity index (χ3v) is 2.52. The second-order valence-electron chi connectivity index (χ2n) is 3.50. The van der Waals surface area contributed by atoms with Crippen molar-refractivity contribution in [2.75, 3.05) is 6.61 Å². The number of hydrogen-bond donors (Lipinski definition) is 2. The summed E-state index contributed by atoms with van der Waals surface area (Å²) >= 11 is 3.18. The molecule has 0 saturated heterocycles. The molecule has 6 heteroatoms. The molecule has 0 bridgehead atoms. The molecule has 94 valence electrons. The topological polar surface area (TPSA) is 67.8 Å². The first-order chi connectivity index (χ1) is 8.11. The van der Waals surface area contributed by atoms with Crippen LogP contribution in [0.5, 0.6) is 5.75 Å². The minimum atomic E-state index is -0.342. The number of amidine groups is 1. The van der Waals surface area contributed by atoms with E-state index in [1.165, 1.54) is 12.1 Å². The molecule has 17 heavy (non-hydrogen) atoms. The summed E-state index contributed by atoms with van der Waals surface area (Å²) in [6.07, 6.45) is 2.03. The highest BCUT2D eigenvalue weighted by atomic mass is 79.9. The quantitative estimate of drug-likeness (QED) is 0.279. The number of hydrogen-bond acceptors (Lipinski definition) is 3. The Kier molecular flexibility index (Phi) is 5.76. The molecule has 0 aliphatic carbocycles. The SMILES string of the molecule is N/C(CCCCOc1cc(F)cc(Br)c1)=N/O. The lowest BCUT2D eigenvalue weighted by atomic mass is 10.2. The predicted octanol–water partition coefficient (Wildman–Crippen LogP) is 2.88. The Bertz CT molecular complexity index is 379. The molecule has 0 aliphatic rings. The highest BCUT2D eigenvalue weighted by molar-refractivity contribution is 9.10. The van der Waals surface area contributed by atoms with Gasteiger partial charge in [0.15, 0.2) is 0 Å². The highest BCUT2D eigenvalue weighted by Crippen LogP contribution is 2.20. The predicted molar refractivity (Wildman–Crippen MR) is 66.9 cm³/mol. The maximum atomic E-state index is 13.0. The van der Waals surface area contributed by atoms with Crippen molar-refractivity contribution >= 4 is 21.8 Å². The summed E-state index contributed by atoms with van der Waals surface area (Å²) in [5.74, 6) is 0.352. The zero-order valence-corrected chi connectivity index (χ0v) is 10.8. The molecule has 0 radical (unpaired) electrons. The number of benzene rings is 1. The average Bonchev–Trinajstić information content (AvgIpc) is 2.27. The Hall–Kier alpha value is -1.30. The van der Waals surface area contributed by atoms with Gasteiger partial charge in [0.1, 0.15) is 17.4 Å². The summed E-state index contributed by atoms with van der Waals surface area (Å²) in [5.41, 5.74) is 5.31. The van der Waals surface area contributed by atoms with Gasteiger partial charge in [-0.05, 0) is 25.0 Å². The second-order valence-corrected chi connectivity index (χ2v) is 4.42. The van der Waals surface area contributed by atoms with Gasteiger partial charge >= 0.3 is 0 Å². The fourth-order valence-corrected chi connectivity index (χ4v) is 1.70. The lowest BCUT2D eigenvalue weighted by Crippen LogP contribution is -2.11. The molecule has 3 N–H and O–H groups in total. The molecule has 0 saturated carbocycles. The molecule has 1 rings (SSSR count). The smallest absolute Gasteiger partial charge is 0.139 e. The van der Waals surface area contributed by atoms with E-state index < -0.39 is 0 Å². The third-order valence-electron chi connectivity index (χ3n) is 2.06. The summed E-state index contributed by atoms with van der Waals surface area (Å²) < 4.78 is 19.0. The van der Waals surface area contributed by atoms with Gasteiger partial charge in [0.05, 0.1) is 6.61 Å². The molecule has 1 aromatic carbocycles. The molecule has 0 amide bonds. The van der Waals surface area contributed by atoms with E-state index in [4.69, 9.17) is 15.7 Å². The third kappa shape index (κ3) is 5.53. The minimum absolute atomic E-state index is 0.207. The zero-order chi connectivity index (χ0) is 12.7. The normalized spacial score (nSPS) is 11.5. The number of unbranched alkanes of at least 4 members (excludes halogenated alkanes) is 1. The van der Waals surface area contributed by atoms with E-state index in [1.54, 1.807) is 6.07 Å².